The summed E-state index contributed by atoms with van der Waals surface area (Å²) in [7, 11) is 1.35. The highest BCUT2D eigenvalue weighted by molar-refractivity contribution is 6.05. The van der Waals surface area contributed by atoms with Crippen molar-refractivity contribution in [1.29, 1.82) is 0 Å². The van der Waals surface area contributed by atoms with Crippen LogP contribution in [0.3, 0.4) is 0 Å². The largest absolute Gasteiger partial charge is 0.573 e. The van der Waals surface area contributed by atoms with Crippen molar-refractivity contribution in [1.82, 2.24) is 30.7 Å². The predicted molar refractivity (Wildman–Crippen MR) is 153 cm³/mol. The van der Waals surface area contributed by atoms with Crippen molar-refractivity contribution in [2.75, 3.05) is 20.2 Å². The molecule has 0 atom stereocenters. The summed E-state index contributed by atoms with van der Waals surface area (Å²) in [5.41, 5.74) is 2.24. The van der Waals surface area contributed by atoms with E-state index in [2.05, 4.69) is 30.6 Å². The molecular weight excluding hydrogens is 581 g/mol. The minimum Gasteiger partial charge on any atom is -0.480 e. The van der Waals surface area contributed by atoms with Gasteiger partial charge in [-0.3, -0.25) is 19.5 Å². The van der Waals surface area contributed by atoms with E-state index in [1.165, 1.54) is 38.4 Å². The maximum atomic E-state index is 13.1. The van der Waals surface area contributed by atoms with Gasteiger partial charge in [-0.2, -0.15) is 5.10 Å². The van der Waals surface area contributed by atoms with E-state index in [9.17, 15) is 27.6 Å². The Labute approximate surface area is 249 Å². The lowest BCUT2D eigenvalue weighted by molar-refractivity contribution is -0.274. The van der Waals surface area contributed by atoms with Crippen molar-refractivity contribution in [3.05, 3.63) is 71.5 Å². The second kappa shape index (κ2) is 12.6. The molecule has 1 aliphatic heterocycles. The molecule has 0 radical (unpaired) electrons. The first kappa shape index (κ1) is 30.3. The van der Waals surface area contributed by atoms with Crippen molar-refractivity contribution < 1.29 is 37.0 Å². The Balaban J connectivity index is 1.31. The number of ether oxygens (including phenoxy) is 2. The molecule has 230 valence electrons. The number of piperidine rings is 1. The van der Waals surface area contributed by atoms with Crippen LogP contribution in [0.5, 0.6) is 11.6 Å². The van der Waals surface area contributed by atoms with Crippen molar-refractivity contribution in [2.45, 2.75) is 38.7 Å². The molecule has 3 N–H and O–H groups in total. The van der Waals surface area contributed by atoms with Crippen LogP contribution in [-0.4, -0.2) is 70.4 Å². The molecule has 2 aromatic heterocycles. The van der Waals surface area contributed by atoms with E-state index in [0.717, 1.165) is 6.07 Å². The van der Waals surface area contributed by atoms with Crippen molar-refractivity contribution in [3.8, 4) is 22.8 Å². The number of methoxy groups -OCH3 is 1. The Morgan fingerprint density at radius 1 is 1.05 bits per heavy atom. The molecule has 11 nitrogen and oxygen atoms in total. The van der Waals surface area contributed by atoms with E-state index in [0.29, 0.717) is 48.0 Å². The summed E-state index contributed by atoms with van der Waals surface area (Å²) in [5.74, 6) is -1.31. The van der Waals surface area contributed by atoms with Gasteiger partial charge in [0, 0.05) is 55.3 Å². The summed E-state index contributed by atoms with van der Waals surface area (Å²) in [6.07, 6.45) is -2.05. The number of likely N-dealkylation sites (tertiary alicyclic amines) is 1. The fraction of sp³-hybridized carbons (Fsp3) is 0.300. The molecule has 5 rings (SSSR count). The van der Waals surface area contributed by atoms with Crippen LogP contribution >= 0.6 is 0 Å². The molecule has 3 amide bonds. The number of aromatic nitrogens is 3. The van der Waals surface area contributed by atoms with E-state index >= 15 is 0 Å². The predicted octanol–water partition coefficient (Wildman–Crippen LogP) is 4.20. The number of rotatable bonds is 8. The quantitative estimate of drug-likeness (QED) is 0.272. The third-order valence-corrected chi connectivity index (χ3v) is 7.31. The number of nitrogens with one attached hydrogen (secondary N) is 3. The normalized spacial score (nSPS) is 13.9. The third-order valence-electron chi connectivity index (χ3n) is 7.31. The number of benzene rings is 2. The highest BCUT2D eigenvalue weighted by atomic mass is 19.4. The number of aromatic amines is 1. The van der Waals surface area contributed by atoms with Crippen LogP contribution in [-0.2, 0) is 11.3 Å². The van der Waals surface area contributed by atoms with Gasteiger partial charge in [0.15, 0.2) is 5.69 Å². The van der Waals surface area contributed by atoms with Crippen LogP contribution in [0.25, 0.3) is 22.0 Å². The number of H-pyrrole nitrogens is 1. The van der Waals surface area contributed by atoms with Crippen LogP contribution in [0.4, 0.5) is 13.2 Å². The Kier molecular flexibility index (Phi) is 8.69. The van der Waals surface area contributed by atoms with E-state index < -0.39 is 18.0 Å². The topological polar surface area (TPSA) is 139 Å². The molecule has 14 heteroatoms. The van der Waals surface area contributed by atoms with Crippen LogP contribution in [0.2, 0.25) is 0 Å². The number of hydrogen-bond donors (Lipinski definition) is 3. The zero-order valence-electron chi connectivity index (χ0n) is 23.8. The van der Waals surface area contributed by atoms with Crippen molar-refractivity contribution in [3.63, 3.8) is 0 Å². The second-order valence-corrected chi connectivity index (χ2v) is 10.2. The molecule has 1 aliphatic rings. The number of fused-ring (bicyclic) bond motifs is 1. The van der Waals surface area contributed by atoms with Crippen LogP contribution in [0.1, 0.15) is 46.2 Å². The molecule has 0 aliphatic carbocycles. The second-order valence-electron chi connectivity index (χ2n) is 10.2. The molecule has 1 fully saturated rings. The lowest BCUT2D eigenvalue weighted by Gasteiger charge is -2.31. The molecule has 2 aromatic carbocycles. The average Bonchev–Trinajstić information content (AvgIpc) is 3.43. The van der Waals surface area contributed by atoms with Gasteiger partial charge in [0.2, 0.25) is 11.8 Å². The molecule has 4 aromatic rings. The minimum absolute atomic E-state index is 0.0180. The van der Waals surface area contributed by atoms with E-state index in [4.69, 9.17) is 4.74 Å². The fourth-order valence-corrected chi connectivity index (χ4v) is 5.04. The summed E-state index contributed by atoms with van der Waals surface area (Å²) in [6, 6.07) is 12.3. The fourth-order valence-electron chi connectivity index (χ4n) is 5.04. The number of pyridine rings is 1. The lowest BCUT2D eigenvalue weighted by atomic mass is 10.0. The molecule has 1 saturated heterocycles. The smallest absolute Gasteiger partial charge is 0.480 e. The monoisotopic (exact) mass is 610 g/mol. The number of hydrogen-bond acceptors (Lipinski definition) is 7. The van der Waals surface area contributed by atoms with Crippen LogP contribution < -0.4 is 20.1 Å². The molecule has 0 unspecified atom stereocenters. The number of nitrogens with zero attached hydrogens (tertiary/aromatic N) is 3. The SMILES string of the molecule is COc1ncc(-c2ccc3c(C(=O)NC4CCN(C(C)=O)CC4)n[nH]c3c2)cc1C(=O)NCc1ccccc1OC(F)(F)F. The zero-order chi connectivity index (χ0) is 31.4. The van der Waals surface area contributed by atoms with Gasteiger partial charge in [0.25, 0.3) is 11.8 Å². The molecule has 3 heterocycles. The first-order valence-corrected chi connectivity index (χ1v) is 13.7. The molecule has 44 heavy (non-hydrogen) atoms. The standard InChI is InChI=1S/C30H29F3N6O5/c1-17(40)39-11-9-21(10-12-39)36-28(42)26-22-8-7-18(14-24(22)37-38-26)20-13-23(29(43-2)35-16-20)27(41)34-15-19-5-3-4-6-25(19)44-30(31,32)33/h3-8,13-14,16,21H,9-12,15H2,1-2H3,(H,34,41)(H,36,42)(H,37,38). The average molecular weight is 611 g/mol. The Morgan fingerprint density at radius 2 is 1.80 bits per heavy atom. The first-order chi connectivity index (χ1) is 21.0. The molecule has 0 saturated carbocycles. The number of carbonyl (C=O) groups excluding carboxylic acids is 3. The number of para-hydroxylation sites is 1. The van der Waals surface area contributed by atoms with Gasteiger partial charge in [-0.25, -0.2) is 4.98 Å². The van der Waals surface area contributed by atoms with Gasteiger partial charge >= 0.3 is 6.36 Å². The summed E-state index contributed by atoms with van der Waals surface area (Å²) in [6.45, 7) is 2.46. The lowest BCUT2D eigenvalue weighted by Crippen LogP contribution is -2.46. The number of amides is 3. The van der Waals surface area contributed by atoms with Crippen LogP contribution in [0.15, 0.2) is 54.7 Å². The van der Waals surface area contributed by atoms with Crippen molar-refractivity contribution in [2.24, 2.45) is 0 Å². The maximum absolute atomic E-state index is 13.1. The van der Waals surface area contributed by atoms with Gasteiger partial charge in [-0.15, -0.1) is 13.2 Å². The Bertz CT molecular complexity index is 1700. The number of carbonyl (C=O) groups is 3. The van der Waals surface area contributed by atoms with Gasteiger partial charge in [0.1, 0.15) is 11.3 Å². The van der Waals surface area contributed by atoms with Crippen molar-refractivity contribution >= 4 is 28.6 Å². The van der Waals surface area contributed by atoms with E-state index in [1.807, 2.05) is 0 Å². The highest BCUT2D eigenvalue weighted by Crippen LogP contribution is 2.29. The molecule has 0 spiro atoms. The number of halogens is 3. The molecular formula is C30H29F3N6O5. The zero-order valence-corrected chi connectivity index (χ0v) is 23.8. The first-order valence-electron chi connectivity index (χ1n) is 13.7. The Hall–Kier alpha value is -5.14. The van der Waals surface area contributed by atoms with Crippen LogP contribution in [0, 0.1) is 0 Å². The van der Waals surface area contributed by atoms with Gasteiger partial charge in [0.05, 0.1) is 12.6 Å². The third kappa shape index (κ3) is 6.90. The summed E-state index contributed by atoms with van der Waals surface area (Å²) in [4.78, 5) is 43.7. The van der Waals surface area contributed by atoms with E-state index in [1.54, 1.807) is 29.2 Å². The summed E-state index contributed by atoms with van der Waals surface area (Å²) < 4.78 is 47.7. The number of alkyl halides is 3. The molecule has 0 bridgehead atoms. The summed E-state index contributed by atoms with van der Waals surface area (Å²) in [5, 5.41) is 13.3. The van der Waals surface area contributed by atoms with Gasteiger partial charge in [-0.05, 0) is 42.7 Å². The highest BCUT2D eigenvalue weighted by Gasteiger charge is 2.32. The summed E-state index contributed by atoms with van der Waals surface area (Å²) >= 11 is 0. The van der Waals surface area contributed by atoms with Gasteiger partial charge < -0.3 is 25.0 Å². The van der Waals surface area contributed by atoms with E-state index in [-0.39, 0.29) is 47.1 Å². The van der Waals surface area contributed by atoms with Gasteiger partial charge in [-0.1, -0.05) is 24.3 Å². The maximum Gasteiger partial charge on any atom is 0.573 e. The minimum atomic E-state index is -4.88. The Morgan fingerprint density at radius 3 is 2.50 bits per heavy atom.